The number of nitrogens with zero attached hydrogens (tertiary/aromatic N) is 6. The van der Waals surface area contributed by atoms with Crippen molar-refractivity contribution in [3.8, 4) is 44.2 Å². The predicted molar refractivity (Wildman–Crippen MR) is 167 cm³/mol. The predicted octanol–water partition coefficient (Wildman–Crippen LogP) is 9.39. The van der Waals surface area contributed by atoms with E-state index in [2.05, 4.69) is 36.1 Å². The second kappa shape index (κ2) is 12.1. The van der Waals surface area contributed by atoms with Crippen LogP contribution in [0, 0.1) is 25.5 Å². The summed E-state index contributed by atoms with van der Waals surface area (Å²) in [6.07, 6.45) is 0. The van der Waals surface area contributed by atoms with Crippen LogP contribution in [0.2, 0.25) is 10.0 Å². The molecule has 210 valence electrons. The third kappa shape index (κ3) is 6.00. The quantitative estimate of drug-likeness (QED) is 0.185. The molecule has 0 saturated carbocycles. The first kappa shape index (κ1) is 29.5. The summed E-state index contributed by atoms with van der Waals surface area (Å²) in [5.41, 5.74) is 2.68. The lowest BCUT2D eigenvalue weighted by Crippen LogP contribution is -1.94. The zero-order chi connectivity index (χ0) is 29.4. The van der Waals surface area contributed by atoms with Gasteiger partial charge in [-0.2, -0.15) is 10.2 Å². The molecule has 0 aliphatic heterocycles. The molecule has 0 radical (unpaired) electrons. The Kier molecular flexibility index (Phi) is 8.72. The van der Waals surface area contributed by atoms with E-state index in [1.807, 2.05) is 31.4 Å². The first-order chi connectivity index (χ1) is 19.5. The van der Waals surface area contributed by atoms with Crippen molar-refractivity contribution < 1.29 is 8.78 Å². The number of halogens is 5. The average Bonchev–Trinajstić information content (AvgIpc) is 3.67. The molecule has 0 atom stereocenters. The van der Waals surface area contributed by atoms with Gasteiger partial charge in [0.1, 0.15) is 11.6 Å². The van der Waals surface area contributed by atoms with Gasteiger partial charge in [-0.1, -0.05) is 35.3 Å². The van der Waals surface area contributed by atoms with E-state index in [0.717, 1.165) is 24.7 Å². The van der Waals surface area contributed by atoms with E-state index in [4.69, 9.17) is 23.2 Å². The van der Waals surface area contributed by atoms with Crippen molar-refractivity contribution in [1.29, 1.82) is 0 Å². The molecule has 0 amide bonds. The molecule has 0 aliphatic carbocycles. The monoisotopic (exact) mass is 692 g/mol. The normalized spacial score (nSPS) is 11.0. The molecule has 2 aromatic carbocycles. The first-order valence-electron chi connectivity index (χ1n) is 12.1. The fourth-order valence-electron chi connectivity index (χ4n) is 4.07. The Morgan fingerprint density at radius 3 is 1.68 bits per heavy atom. The van der Waals surface area contributed by atoms with Gasteiger partial charge in [0.05, 0.1) is 34.7 Å². The Morgan fingerprint density at radius 1 is 0.756 bits per heavy atom. The molecule has 0 saturated heterocycles. The minimum absolute atomic E-state index is 0.231. The van der Waals surface area contributed by atoms with Gasteiger partial charge in [-0.25, -0.2) is 28.1 Å². The van der Waals surface area contributed by atoms with Crippen molar-refractivity contribution >= 4 is 61.8 Å². The van der Waals surface area contributed by atoms with E-state index in [9.17, 15) is 8.78 Å². The summed E-state index contributed by atoms with van der Waals surface area (Å²) >= 11 is 18.7. The van der Waals surface area contributed by atoms with Crippen LogP contribution in [0.15, 0.2) is 57.7 Å². The molecule has 13 heteroatoms. The lowest BCUT2D eigenvalue weighted by atomic mass is 10.2. The van der Waals surface area contributed by atoms with Crippen LogP contribution in [-0.2, 0) is 14.1 Å². The molecule has 6 aromatic rings. The molecule has 6 rings (SSSR count). The average molecular weight is 694 g/mol. The van der Waals surface area contributed by atoms with Gasteiger partial charge in [0, 0.05) is 14.1 Å². The zero-order valence-corrected chi connectivity index (χ0v) is 26.8. The molecule has 0 fully saturated rings. The van der Waals surface area contributed by atoms with Gasteiger partial charge in [0.25, 0.3) is 0 Å². The Hall–Kier alpha value is -2.96. The molecule has 0 bridgehead atoms. The minimum Gasteiger partial charge on any atom is -0.248 e. The van der Waals surface area contributed by atoms with Crippen LogP contribution in [-0.4, -0.2) is 29.5 Å². The first-order valence-corrected chi connectivity index (χ1v) is 15.3. The fourth-order valence-corrected chi connectivity index (χ4v) is 7.26. The number of hydrogen-bond donors (Lipinski definition) is 0. The van der Waals surface area contributed by atoms with Crippen molar-refractivity contribution in [3.05, 3.63) is 90.5 Å². The summed E-state index contributed by atoms with van der Waals surface area (Å²) < 4.78 is 32.2. The second-order valence-electron chi connectivity index (χ2n) is 8.95. The highest BCUT2D eigenvalue weighted by atomic mass is 79.9. The largest absolute Gasteiger partial charge is 0.248 e. The molecule has 4 aromatic heterocycles. The Bertz CT molecular complexity index is 1840. The molecule has 4 heterocycles. The van der Waals surface area contributed by atoms with Gasteiger partial charge in [0.2, 0.25) is 0 Å². The second-order valence-corrected chi connectivity index (χ2v) is 13.1. The maximum absolute atomic E-state index is 14.0. The number of thiophene rings is 2. The number of aryl methyl sites for hydroxylation is 4. The lowest BCUT2D eigenvalue weighted by Gasteiger charge is -2.00. The Balaban J connectivity index is 0.000000165. The third-order valence-electron chi connectivity index (χ3n) is 6.05. The minimum atomic E-state index is -0.427. The van der Waals surface area contributed by atoms with E-state index < -0.39 is 11.6 Å². The van der Waals surface area contributed by atoms with Crippen LogP contribution >= 0.6 is 61.8 Å². The fraction of sp³-hybridized carbons (Fsp3) is 0.143. The van der Waals surface area contributed by atoms with E-state index in [-0.39, 0.29) is 11.1 Å². The van der Waals surface area contributed by atoms with E-state index in [1.54, 1.807) is 70.4 Å². The summed E-state index contributed by atoms with van der Waals surface area (Å²) in [5, 5.41) is 11.2. The Labute approximate surface area is 261 Å². The highest BCUT2D eigenvalue weighted by Crippen LogP contribution is 2.36. The topological polar surface area (TPSA) is 61.4 Å². The number of rotatable bonds is 4. The summed E-state index contributed by atoms with van der Waals surface area (Å²) in [5.74, 6) is 1.16. The van der Waals surface area contributed by atoms with Gasteiger partial charge in [0.15, 0.2) is 23.3 Å². The van der Waals surface area contributed by atoms with Crippen molar-refractivity contribution in [3.63, 3.8) is 0 Å². The summed E-state index contributed by atoms with van der Waals surface area (Å²) in [4.78, 5) is 10.9. The molecule has 0 unspecified atom stereocenters. The lowest BCUT2D eigenvalue weighted by molar-refractivity contribution is 0.629. The molecular formula is C28H21BrCl2F2N6S2. The third-order valence-corrected chi connectivity index (χ3v) is 9.43. The smallest absolute Gasteiger partial charge is 0.186 e. The van der Waals surface area contributed by atoms with Crippen molar-refractivity contribution in [2.45, 2.75) is 13.8 Å². The number of benzene rings is 2. The van der Waals surface area contributed by atoms with E-state index in [0.29, 0.717) is 33.3 Å². The molecule has 0 spiro atoms. The van der Waals surface area contributed by atoms with Crippen LogP contribution < -0.4 is 0 Å². The summed E-state index contributed by atoms with van der Waals surface area (Å²) in [6, 6.07) is 13.1. The number of aromatic nitrogens is 6. The van der Waals surface area contributed by atoms with Gasteiger partial charge in [-0.3, -0.25) is 0 Å². The van der Waals surface area contributed by atoms with Crippen LogP contribution in [0.4, 0.5) is 8.78 Å². The van der Waals surface area contributed by atoms with Crippen molar-refractivity contribution in [2.24, 2.45) is 14.1 Å². The summed E-state index contributed by atoms with van der Waals surface area (Å²) in [6.45, 7) is 4.01. The standard InChI is InChI=1S/C14H10BrClFN3S.C14H11ClFN3S/c1-7-6-10(15)21-12(7)14-18-13(19-20(14)2)11-8(16)4-3-5-9(11)17;1-8-6-7-20-12(8)14-17-13(18-19(14)2)11-9(15)4-3-5-10(11)16/h3-6H,1-2H3;3-7H,1-2H3. The zero-order valence-electron chi connectivity index (χ0n) is 22.1. The maximum atomic E-state index is 14.0. The van der Waals surface area contributed by atoms with Crippen molar-refractivity contribution in [1.82, 2.24) is 29.5 Å². The van der Waals surface area contributed by atoms with Crippen LogP contribution in [0.1, 0.15) is 11.1 Å². The van der Waals surface area contributed by atoms with Gasteiger partial charge >= 0.3 is 0 Å². The maximum Gasteiger partial charge on any atom is 0.186 e. The molecule has 41 heavy (non-hydrogen) atoms. The molecule has 6 nitrogen and oxygen atoms in total. The van der Waals surface area contributed by atoms with E-state index in [1.165, 1.54) is 12.1 Å². The van der Waals surface area contributed by atoms with E-state index >= 15 is 0 Å². The van der Waals surface area contributed by atoms with Gasteiger partial charge in [-0.05, 0) is 82.7 Å². The SMILES string of the molecule is Cc1cc(Br)sc1-c1nc(-c2c(F)cccc2Cl)nn1C.Cc1ccsc1-c1nc(-c2c(F)cccc2Cl)nn1C. The van der Waals surface area contributed by atoms with Crippen LogP contribution in [0.25, 0.3) is 44.2 Å². The van der Waals surface area contributed by atoms with Crippen molar-refractivity contribution in [2.75, 3.05) is 0 Å². The summed E-state index contributed by atoms with van der Waals surface area (Å²) in [7, 11) is 3.58. The Morgan fingerprint density at radius 2 is 1.27 bits per heavy atom. The highest BCUT2D eigenvalue weighted by molar-refractivity contribution is 9.11. The highest BCUT2D eigenvalue weighted by Gasteiger charge is 2.20. The van der Waals surface area contributed by atoms with Crippen LogP contribution in [0.5, 0.6) is 0 Å². The van der Waals surface area contributed by atoms with Gasteiger partial charge in [-0.15, -0.1) is 22.7 Å². The van der Waals surface area contributed by atoms with Crippen LogP contribution in [0.3, 0.4) is 0 Å². The molecular weight excluding hydrogens is 673 g/mol. The number of hydrogen-bond acceptors (Lipinski definition) is 6. The van der Waals surface area contributed by atoms with Gasteiger partial charge < -0.3 is 0 Å². The molecule has 0 aliphatic rings. The molecule has 0 N–H and O–H groups in total.